The summed E-state index contributed by atoms with van der Waals surface area (Å²) in [7, 11) is 0. The van der Waals surface area contributed by atoms with Gasteiger partial charge in [0.2, 0.25) is 11.8 Å². The number of carbonyl (C=O) groups is 2. The third-order valence-electron chi connectivity index (χ3n) is 5.07. The second kappa shape index (κ2) is 8.01. The molecule has 0 aromatic heterocycles. The zero-order valence-electron chi connectivity index (χ0n) is 14.8. The van der Waals surface area contributed by atoms with E-state index < -0.39 is 6.61 Å². The molecule has 1 saturated heterocycles. The van der Waals surface area contributed by atoms with Gasteiger partial charge in [0.05, 0.1) is 6.04 Å². The first-order valence-corrected chi connectivity index (χ1v) is 9.08. The molecule has 2 amide bonds. The van der Waals surface area contributed by atoms with Crippen molar-refractivity contribution < 1.29 is 23.1 Å². The van der Waals surface area contributed by atoms with Crippen molar-refractivity contribution in [1.82, 2.24) is 10.2 Å². The maximum Gasteiger partial charge on any atom is 0.387 e. The number of hydrogen-bond donors (Lipinski definition) is 1. The van der Waals surface area contributed by atoms with Crippen molar-refractivity contribution in [3.8, 4) is 5.75 Å². The van der Waals surface area contributed by atoms with Gasteiger partial charge >= 0.3 is 6.61 Å². The quantitative estimate of drug-likeness (QED) is 0.842. The van der Waals surface area contributed by atoms with Crippen molar-refractivity contribution in [2.75, 3.05) is 13.1 Å². The van der Waals surface area contributed by atoms with Gasteiger partial charge in [0.15, 0.2) is 0 Å². The molecule has 2 fully saturated rings. The number of piperidine rings is 1. The maximum atomic E-state index is 12.5. The maximum absolute atomic E-state index is 12.5. The monoisotopic (exact) mass is 366 g/mol. The lowest BCUT2D eigenvalue weighted by Gasteiger charge is -2.32. The van der Waals surface area contributed by atoms with E-state index in [1.807, 2.05) is 11.8 Å². The molecule has 142 valence electrons. The summed E-state index contributed by atoms with van der Waals surface area (Å²) in [6.07, 6.45) is 3.35. The molecule has 2 aliphatic rings. The van der Waals surface area contributed by atoms with Gasteiger partial charge in [-0.3, -0.25) is 9.59 Å². The van der Waals surface area contributed by atoms with E-state index in [-0.39, 0.29) is 35.4 Å². The van der Waals surface area contributed by atoms with Gasteiger partial charge < -0.3 is 15.0 Å². The van der Waals surface area contributed by atoms with Crippen LogP contribution in [-0.2, 0) is 9.59 Å². The van der Waals surface area contributed by atoms with Crippen LogP contribution < -0.4 is 10.1 Å². The van der Waals surface area contributed by atoms with Gasteiger partial charge in [-0.1, -0.05) is 12.1 Å². The first kappa shape index (κ1) is 18.6. The number of hydrogen-bond acceptors (Lipinski definition) is 3. The number of carbonyl (C=O) groups excluding carboxylic acids is 2. The normalized spacial score (nSPS) is 19.3. The first-order valence-electron chi connectivity index (χ1n) is 9.08. The fourth-order valence-corrected chi connectivity index (χ4v) is 3.30. The van der Waals surface area contributed by atoms with Gasteiger partial charge in [0.1, 0.15) is 5.75 Å². The van der Waals surface area contributed by atoms with Crippen LogP contribution in [0.5, 0.6) is 5.75 Å². The molecule has 26 heavy (non-hydrogen) atoms. The fraction of sp³-hybridized carbons (Fsp3) is 0.579. The van der Waals surface area contributed by atoms with Gasteiger partial charge in [-0.05, 0) is 50.3 Å². The predicted molar refractivity (Wildman–Crippen MR) is 91.7 cm³/mol. The Morgan fingerprint density at radius 1 is 1.08 bits per heavy atom. The average Bonchev–Trinajstić information content (AvgIpc) is 3.46. The molecule has 1 aromatic rings. The minimum atomic E-state index is -2.85. The largest absolute Gasteiger partial charge is 0.435 e. The summed E-state index contributed by atoms with van der Waals surface area (Å²) >= 11 is 0. The molecule has 0 spiro atoms. The standard InChI is InChI=1S/C19H24F2N2O3/c1-12(13-4-6-16(7-5-13)26-19(20)21)22-17(24)14-8-10-23(11-9-14)18(25)15-2-3-15/h4-7,12,14-15,19H,2-3,8-11H2,1H3,(H,22,24). The van der Waals surface area contributed by atoms with Gasteiger partial charge in [-0.25, -0.2) is 0 Å². The molecule has 7 heteroatoms. The molecular weight excluding hydrogens is 342 g/mol. The smallest absolute Gasteiger partial charge is 0.387 e. The highest BCUT2D eigenvalue weighted by molar-refractivity contribution is 5.82. The minimum absolute atomic E-state index is 0.0241. The van der Waals surface area contributed by atoms with Crippen LogP contribution in [-0.4, -0.2) is 36.4 Å². The van der Waals surface area contributed by atoms with Gasteiger partial charge in [-0.15, -0.1) is 0 Å². The number of nitrogens with zero attached hydrogens (tertiary/aromatic N) is 1. The predicted octanol–water partition coefficient (Wildman–Crippen LogP) is 3.11. The number of likely N-dealkylation sites (tertiary alicyclic amines) is 1. The highest BCUT2D eigenvalue weighted by Crippen LogP contribution is 2.32. The first-order chi connectivity index (χ1) is 12.4. The Hall–Kier alpha value is -2.18. The Kier molecular flexibility index (Phi) is 5.74. The van der Waals surface area contributed by atoms with Crippen LogP contribution in [0.25, 0.3) is 0 Å². The van der Waals surface area contributed by atoms with Gasteiger partial charge in [-0.2, -0.15) is 8.78 Å². The Balaban J connectivity index is 1.47. The molecule has 3 rings (SSSR count). The fourth-order valence-electron chi connectivity index (χ4n) is 3.30. The van der Waals surface area contributed by atoms with Crippen LogP contribution in [0.15, 0.2) is 24.3 Å². The molecule has 1 aromatic carbocycles. The van der Waals surface area contributed by atoms with Crippen LogP contribution in [0, 0.1) is 11.8 Å². The van der Waals surface area contributed by atoms with E-state index >= 15 is 0 Å². The topological polar surface area (TPSA) is 58.6 Å². The number of amides is 2. The van der Waals surface area contributed by atoms with Gasteiger partial charge in [0, 0.05) is 24.9 Å². The molecule has 5 nitrogen and oxygen atoms in total. The zero-order chi connectivity index (χ0) is 18.7. The molecule has 1 saturated carbocycles. The van der Waals surface area contributed by atoms with Crippen LogP contribution in [0.1, 0.15) is 44.2 Å². The molecule has 1 atom stereocenters. The summed E-state index contributed by atoms with van der Waals surface area (Å²) in [5.74, 6) is 0.432. The Morgan fingerprint density at radius 2 is 1.69 bits per heavy atom. The molecule has 1 aliphatic carbocycles. The van der Waals surface area contributed by atoms with E-state index in [9.17, 15) is 18.4 Å². The van der Waals surface area contributed by atoms with Crippen molar-refractivity contribution in [2.24, 2.45) is 11.8 Å². The molecule has 0 radical (unpaired) electrons. The number of alkyl halides is 2. The SMILES string of the molecule is CC(NC(=O)C1CCN(C(=O)C2CC2)CC1)c1ccc(OC(F)F)cc1. The van der Waals surface area contributed by atoms with E-state index in [0.717, 1.165) is 18.4 Å². The third kappa shape index (κ3) is 4.71. The van der Waals surface area contributed by atoms with E-state index in [2.05, 4.69) is 10.1 Å². The minimum Gasteiger partial charge on any atom is -0.435 e. The lowest BCUT2D eigenvalue weighted by Crippen LogP contribution is -2.43. The summed E-state index contributed by atoms with van der Waals surface area (Å²) in [5, 5.41) is 2.97. The third-order valence-corrected chi connectivity index (χ3v) is 5.07. The summed E-state index contributed by atoms with van der Waals surface area (Å²) < 4.78 is 28.7. The number of nitrogens with one attached hydrogen (secondary N) is 1. The van der Waals surface area contributed by atoms with Crippen LogP contribution >= 0.6 is 0 Å². The molecule has 1 aliphatic heterocycles. The van der Waals surface area contributed by atoms with E-state index in [4.69, 9.17) is 0 Å². The summed E-state index contributed by atoms with van der Waals surface area (Å²) in [4.78, 5) is 26.4. The molecule has 0 bridgehead atoms. The number of halogens is 2. The second-order valence-electron chi connectivity index (χ2n) is 7.05. The number of rotatable bonds is 6. The highest BCUT2D eigenvalue weighted by Gasteiger charge is 2.36. The Morgan fingerprint density at radius 3 is 2.23 bits per heavy atom. The molecular formula is C19H24F2N2O3. The van der Waals surface area contributed by atoms with Crippen LogP contribution in [0.3, 0.4) is 0 Å². The molecule has 1 unspecified atom stereocenters. The summed E-state index contributed by atoms with van der Waals surface area (Å²) in [6.45, 7) is 0.283. The Labute approximate surface area is 151 Å². The van der Waals surface area contributed by atoms with Crippen molar-refractivity contribution in [3.63, 3.8) is 0 Å². The summed E-state index contributed by atoms with van der Waals surface area (Å²) in [6, 6.07) is 6.03. The van der Waals surface area contributed by atoms with Crippen molar-refractivity contribution in [2.45, 2.75) is 45.3 Å². The van der Waals surface area contributed by atoms with E-state index in [0.29, 0.717) is 25.9 Å². The Bertz CT molecular complexity index is 639. The van der Waals surface area contributed by atoms with Crippen molar-refractivity contribution in [3.05, 3.63) is 29.8 Å². The zero-order valence-corrected chi connectivity index (χ0v) is 14.8. The van der Waals surface area contributed by atoms with Crippen LogP contribution in [0.2, 0.25) is 0 Å². The van der Waals surface area contributed by atoms with Crippen molar-refractivity contribution >= 4 is 11.8 Å². The number of benzene rings is 1. The lowest BCUT2D eigenvalue weighted by molar-refractivity contribution is -0.136. The van der Waals surface area contributed by atoms with Crippen molar-refractivity contribution in [1.29, 1.82) is 0 Å². The molecule has 1 heterocycles. The summed E-state index contributed by atoms with van der Waals surface area (Å²) in [5.41, 5.74) is 0.821. The molecule has 1 N–H and O–H groups in total. The van der Waals surface area contributed by atoms with Gasteiger partial charge in [0.25, 0.3) is 0 Å². The average molecular weight is 366 g/mol. The second-order valence-corrected chi connectivity index (χ2v) is 7.05. The van der Waals surface area contributed by atoms with E-state index in [1.54, 1.807) is 12.1 Å². The van der Waals surface area contributed by atoms with Crippen LogP contribution in [0.4, 0.5) is 8.78 Å². The lowest BCUT2D eigenvalue weighted by atomic mass is 9.95. The van der Waals surface area contributed by atoms with E-state index in [1.165, 1.54) is 12.1 Å². The number of ether oxygens (including phenoxy) is 1. The highest BCUT2D eigenvalue weighted by atomic mass is 19.3.